The lowest BCUT2D eigenvalue weighted by molar-refractivity contribution is -0.206. The minimum absolute atomic E-state index is 0.317. The number of hydrogen-bond acceptors (Lipinski definition) is 2. The van der Waals surface area contributed by atoms with Crippen molar-refractivity contribution in [2.75, 3.05) is 0 Å². The van der Waals surface area contributed by atoms with Gasteiger partial charge in [-0.1, -0.05) is 23.2 Å². The fourth-order valence-corrected chi connectivity index (χ4v) is 1.42. The normalized spacial score (nSPS) is 14.1. The monoisotopic (exact) mass is 245 g/mol. The molecule has 0 saturated carbocycles. The van der Waals surface area contributed by atoms with E-state index < -0.39 is 17.8 Å². The summed E-state index contributed by atoms with van der Waals surface area (Å²) in [7, 11) is 0. The predicted octanol–water partition coefficient (Wildman–Crippen LogP) is 2.98. The Morgan fingerprint density at radius 2 is 1.64 bits per heavy atom. The van der Waals surface area contributed by atoms with E-state index in [1.54, 1.807) is 0 Å². The van der Waals surface area contributed by atoms with Crippen LogP contribution < -0.4 is 0 Å². The van der Waals surface area contributed by atoms with Crippen LogP contribution in [0.5, 0.6) is 0 Å². The first-order valence-corrected chi connectivity index (χ1v) is 4.13. The van der Waals surface area contributed by atoms with Crippen molar-refractivity contribution in [3.63, 3.8) is 0 Å². The summed E-state index contributed by atoms with van der Waals surface area (Å²) in [6.45, 7) is 0. The minimum Gasteiger partial charge on any atom is -0.379 e. The molecule has 0 aromatic carbocycles. The lowest BCUT2D eigenvalue weighted by Gasteiger charge is -2.16. The quantitative estimate of drug-likeness (QED) is 0.826. The molecule has 1 aromatic heterocycles. The van der Waals surface area contributed by atoms with Gasteiger partial charge in [0.05, 0.1) is 10.0 Å². The van der Waals surface area contributed by atoms with Crippen molar-refractivity contribution in [2.24, 2.45) is 0 Å². The van der Waals surface area contributed by atoms with E-state index in [-0.39, 0.29) is 10.0 Å². The van der Waals surface area contributed by atoms with Crippen LogP contribution in [0, 0.1) is 0 Å². The molecule has 0 radical (unpaired) electrons. The number of aromatic nitrogens is 1. The van der Waals surface area contributed by atoms with Crippen LogP contribution in [-0.4, -0.2) is 16.3 Å². The van der Waals surface area contributed by atoms with E-state index in [0.29, 0.717) is 0 Å². The number of aliphatic hydroxyl groups is 1. The van der Waals surface area contributed by atoms with E-state index >= 15 is 0 Å². The van der Waals surface area contributed by atoms with Gasteiger partial charge in [-0.15, -0.1) is 0 Å². The van der Waals surface area contributed by atoms with Gasteiger partial charge in [-0.2, -0.15) is 13.2 Å². The van der Waals surface area contributed by atoms with E-state index in [1.165, 1.54) is 0 Å². The van der Waals surface area contributed by atoms with Crippen molar-refractivity contribution in [1.82, 2.24) is 4.98 Å². The molecule has 0 aliphatic heterocycles. The molecule has 1 heterocycles. The average Bonchev–Trinajstić information content (AvgIpc) is 2.01. The van der Waals surface area contributed by atoms with Gasteiger partial charge in [-0.05, 0) is 0 Å². The highest BCUT2D eigenvalue weighted by molar-refractivity contribution is 6.35. The number of alkyl halides is 3. The highest BCUT2D eigenvalue weighted by atomic mass is 35.5. The first-order valence-electron chi connectivity index (χ1n) is 3.37. The molecule has 1 rings (SSSR count). The topological polar surface area (TPSA) is 33.1 Å². The molecule has 0 bridgehead atoms. The smallest absolute Gasteiger partial charge is 0.379 e. The molecule has 0 saturated heterocycles. The van der Waals surface area contributed by atoms with Crippen molar-refractivity contribution in [3.05, 3.63) is 28.0 Å². The highest BCUT2D eigenvalue weighted by Gasteiger charge is 2.41. The van der Waals surface area contributed by atoms with Gasteiger partial charge in [0.15, 0.2) is 6.10 Å². The first-order chi connectivity index (χ1) is 6.34. The standard InChI is InChI=1S/C7H4Cl2F3NO/c8-3-1-13-2-4(9)5(3)6(14)7(10,11)12/h1-2,6,14H. The molecular weight excluding hydrogens is 242 g/mol. The Bertz CT molecular complexity index is 322. The number of halogens is 5. The summed E-state index contributed by atoms with van der Waals surface area (Å²) in [5.41, 5.74) is -0.573. The maximum Gasteiger partial charge on any atom is 0.418 e. The van der Waals surface area contributed by atoms with Crippen LogP contribution in [0.2, 0.25) is 10.0 Å². The van der Waals surface area contributed by atoms with Crippen LogP contribution in [0.3, 0.4) is 0 Å². The number of hydrogen-bond donors (Lipinski definition) is 1. The SMILES string of the molecule is OC(c1c(Cl)cncc1Cl)C(F)(F)F. The molecule has 0 spiro atoms. The van der Waals surface area contributed by atoms with Gasteiger partial charge in [0.25, 0.3) is 0 Å². The van der Waals surface area contributed by atoms with Gasteiger partial charge >= 0.3 is 6.18 Å². The van der Waals surface area contributed by atoms with E-state index in [4.69, 9.17) is 28.3 Å². The van der Waals surface area contributed by atoms with Gasteiger partial charge in [0.2, 0.25) is 0 Å². The minimum atomic E-state index is -4.80. The largest absolute Gasteiger partial charge is 0.418 e. The van der Waals surface area contributed by atoms with Crippen molar-refractivity contribution in [2.45, 2.75) is 12.3 Å². The van der Waals surface area contributed by atoms with Crippen LogP contribution in [0.1, 0.15) is 11.7 Å². The zero-order valence-electron chi connectivity index (χ0n) is 6.52. The van der Waals surface area contributed by atoms with Crippen LogP contribution in [0.15, 0.2) is 12.4 Å². The summed E-state index contributed by atoms with van der Waals surface area (Å²) in [4.78, 5) is 3.47. The lowest BCUT2D eigenvalue weighted by Crippen LogP contribution is -2.21. The summed E-state index contributed by atoms with van der Waals surface area (Å²) < 4.78 is 36.3. The zero-order chi connectivity index (χ0) is 10.9. The maximum atomic E-state index is 12.1. The third-order valence-electron chi connectivity index (χ3n) is 1.47. The second-order valence-corrected chi connectivity index (χ2v) is 3.28. The Morgan fingerprint density at radius 1 is 1.21 bits per heavy atom. The van der Waals surface area contributed by atoms with E-state index in [1.807, 2.05) is 0 Å². The third-order valence-corrected chi connectivity index (χ3v) is 2.08. The lowest BCUT2D eigenvalue weighted by atomic mass is 10.1. The second kappa shape index (κ2) is 3.92. The molecule has 0 amide bonds. The Morgan fingerprint density at radius 3 is 2.00 bits per heavy atom. The number of nitrogens with zero attached hydrogens (tertiary/aromatic N) is 1. The van der Waals surface area contributed by atoms with Crippen LogP contribution in [-0.2, 0) is 0 Å². The Kier molecular flexibility index (Phi) is 3.24. The van der Waals surface area contributed by atoms with Crippen molar-refractivity contribution < 1.29 is 18.3 Å². The van der Waals surface area contributed by atoms with Crippen molar-refractivity contribution >= 4 is 23.2 Å². The first kappa shape index (κ1) is 11.6. The Labute approximate surface area is 87.3 Å². The van der Waals surface area contributed by atoms with Gasteiger partial charge in [0.1, 0.15) is 0 Å². The zero-order valence-corrected chi connectivity index (χ0v) is 8.03. The van der Waals surface area contributed by atoms with Crippen LogP contribution in [0.25, 0.3) is 0 Å². The van der Waals surface area contributed by atoms with Gasteiger partial charge in [0, 0.05) is 18.0 Å². The summed E-state index contributed by atoms with van der Waals surface area (Å²) in [5, 5.41) is 8.26. The third kappa shape index (κ3) is 2.29. The number of aliphatic hydroxyl groups excluding tert-OH is 1. The molecule has 0 aliphatic carbocycles. The Hall–Kier alpha value is -0.520. The summed E-state index contributed by atoms with van der Waals surface area (Å²) in [6, 6.07) is 0. The van der Waals surface area contributed by atoms with Crippen LogP contribution in [0.4, 0.5) is 13.2 Å². The molecule has 2 nitrogen and oxygen atoms in total. The second-order valence-electron chi connectivity index (χ2n) is 2.46. The fraction of sp³-hybridized carbons (Fsp3) is 0.286. The molecule has 1 N–H and O–H groups in total. The molecular formula is C7H4Cl2F3NO. The van der Waals surface area contributed by atoms with Crippen molar-refractivity contribution in [3.8, 4) is 0 Å². The number of rotatable bonds is 1. The van der Waals surface area contributed by atoms with Crippen molar-refractivity contribution in [1.29, 1.82) is 0 Å². The highest BCUT2D eigenvalue weighted by Crippen LogP contribution is 2.38. The predicted molar refractivity (Wildman–Crippen MR) is 45.3 cm³/mol. The molecule has 1 atom stereocenters. The molecule has 78 valence electrons. The maximum absolute atomic E-state index is 12.1. The summed E-state index contributed by atoms with van der Waals surface area (Å²) in [6.07, 6.45) is -5.52. The summed E-state index contributed by atoms with van der Waals surface area (Å²) >= 11 is 10.8. The Balaban J connectivity index is 3.19. The van der Waals surface area contributed by atoms with E-state index in [9.17, 15) is 13.2 Å². The summed E-state index contributed by atoms with van der Waals surface area (Å²) in [5.74, 6) is 0. The molecule has 1 aromatic rings. The van der Waals surface area contributed by atoms with Gasteiger partial charge < -0.3 is 5.11 Å². The fourth-order valence-electron chi connectivity index (χ4n) is 0.846. The van der Waals surface area contributed by atoms with Crippen LogP contribution >= 0.6 is 23.2 Å². The molecule has 1 unspecified atom stereocenters. The molecule has 0 fully saturated rings. The van der Waals surface area contributed by atoms with Gasteiger partial charge in [-0.3, -0.25) is 4.98 Å². The van der Waals surface area contributed by atoms with E-state index in [2.05, 4.69) is 4.98 Å². The van der Waals surface area contributed by atoms with E-state index in [0.717, 1.165) is 12.4 Å². The molecule has 14 heavy (non-hydrogen) atoms. The average molecular weight is 246 g/mol. The van der Waals surface area contributed by atoms with Gasteiger partial charge in [-0.25, -0.2) is 0 Å². The molecule has 7 heteroatoms. The molecule has 0 aliphatic rings. The number of pyridine rings is 1.